The van der Waals surface area contributed by atoms with Gasteiger partial charge in [-0.15, -0.1) is 11.3 Å². The van der Waals surface area contributed by atoms with E-state index in [1.54, 1.807) is 11.3 Å². The monoisotopic (exact) mass is 233 g/mol. The first kappa shape index (κ1) is 11.0. The molecule has 0 saturated carbocycles. The molecule has 2 N–H and O–H groups in total. The molecule has 0 radical (unpaired) electrons. The van der Waals surface area contributed by atoms with Crippen molar-refractivity contribution in [3.63, 3.8) is 0 Å². The molecule has 0 aliphatic heterocycles. The Hall–Kier alpha value is -1.48. The van der Waals surface area contributed by atoms with Crippen LogP contribution in [0.25, 0.3) is 0 Å². The van der Waals surface area contributed by atoms with Crippen molar-refractivity contribution in [3.05, 3.63) is 45.6 Å². The van der Waals surface area contributed by atoms with Crippen LogP contribution in [0.3, 0.4) is 0 Å². The second kappa shape index (κ2) is 4.58. The van der Waals surface area contributed by atoms with Gasteiger partial charge in [-0.25, -0.2) is 0 Å². The topological polar surface area (TPSA) is 35.2 Å². The van der Waals surface area contributed by atoms with E-state index < -0.39 is 0 Å². The third-order valence-electron chi connectivity index (χ3n) is 2.58. The minimum Gasteiger partial charge on any atom is -0.487 e. The van der Waals surface area contributed by atoms with E-state index >= 15 is 0 Å². The third kappa shape index (κ3) is 2.19. The normalized spacial score (nSPS) is 10.4. The second-order valence-electron chi connectivity index (χ2n) is 3.79. The van der Waals surface area contributed by atoms with E-state index in [0.717, 1.165) is 22.6 Å². The predicted molar refractivity (Wildman–Crippen MR) is 69.0 cm³/mol. The first-order valence-electron chi connectivity index (χ1n) is 5.19. The van der Waals surface area contributed by atoms with Crippen molar-refractivity contribution in [1.82, 2.24) is 0 Å². The Kier molecular flexibility index (Phi) is 3.15. The molecule has 16 heavy (non-hydrogen) atoms. The molecule has 0 amide bonds. The van der Waals surface area contributed by atoms with Crippen molar-refractivity contribution >= 4 is 17.0 Å². The van der Waals surface area contributed by atoms with Crippen molar-refractivity contribution in [2.45, 2.75) is 20.5 Å². The molecule has 1 heterocycles. The van der Waals surface area contributed by atoms with E-state index in [1.807, 2.05) is 32.0 Å². The zero-order chi connectivity index (χ0) is 11.5. The molecule has 0 aliphatic carbocycles. The zero-order valence-electron chi connectivity index (χ0n) is 9.49. The Morgan fingerprint density at radius 1 is 1.25 bits per heavy atom. The number of hydrogen-bond donors (Lipinski definition) is 1. The Balaban J connectivity index is 2.18. The lowest BCUT2D eigenvalue weighted by Gasteiger charge is -2.12. The first-order chi connectivity index (χ1) is 7.68. The number of hydrogen-bond acceptors (Lipinski definition) is 3. The average Bonchev–Trinajstić information content (AvgIpc) is 2.77. The highest BCUT2D eigenvalue weighted by Gasteiger charge is 2.07. The molecule has 0 spiro atoms. The van der Waals surface area contributed by atoms with Crippen molar-refractivity contribution in [3.8, 4) is 5.75 Å². The fourth-order valence-corrected chi connectivity index (χ4v) is 2.22. The van der Waals surface area contributed by atoms with Crippen LogP contribution in [0.4, 0.5) is 5.69 Å². The molecular weight excluding hydrogens is 218 g/mol. The van der Waals surface area contributed by atoms with Gasteiger partial charge in [0, 0.05) is 16.1 Å². The molecule has 0 fully saturated rings. The third-order valence-corrected chi connectivity index (χ3v) is 3.43. The largest absolute Gasteiger partial charge is 0.487 e. The lowest BCUT2D eigenvalue weighted by Crippen LogP contribution is -2.00. The quantitative estimate of drug-likeness (QED) is 0.823. The number of nitrogens with two attached hydrogens (primary N) is 1. The van der Waals surface area contributed by atoms with Crippen molar-refractivity contribution in [1.29, 1.82) is 0 Å². The van der Waals surface area contributed by atoms with E-state index in [1.165, 1.54) is 4.88 Å². The molecule has 0 aliphatic rings. The van der Waals surface area contributed by atoms with Crippen molar-refractivity contribution in [2.24, 2.45) is 0 Å². The van der Waals surface area contributed by atoms with Crippen LogP contribution < -0.4 is 10.5 Å². The number of benzene rings is 1. The van der Waals surface area contributed by atoms with E-state index in [-0.39, 0.29) is 0 Å². The van der Waals surface area contributed by atoms with Crippen LogP contribution in [-0.4, -0.2) is 0 Å². The highest BCUT2D eigenvalue weighted by Crippen LogP contribution is 2.28. The Morgan fingerprint density at radius 2 is 2.06 bits per heavy atom. The van der Waals surface area contributed by atoms with Crippen LogP contribution in [0.1, 0.15) is 16.0 Å². The molecule has 2 nitrogen and oxygen atoms in total. The molecule has 2 rings (SSSR count). The van der Waals surface area contributed by atoms with E-state index in [2.05, 4.69) is 11.4 Å². The minimum atomic E-state index is 0.614. The van der Waals surface area contributed by atoms with Crippen LogP contribution in [0.2, 0.25) is 0 Å². The minimum absolute atomic E-state index is 0.614. The fourth-order valence-electron chi connectivity index (χ4n) is 1.60. The summed E-state index contributed by atoms with van der Waals surface area (Å²) in [6.07, 6.45) is 0. The summed E-state index contributed by atoms with van der Waals surface area (Å²) in [5.41, 5.74) is 8.80. The molecular formula is C13H15NOS. The molecule has 84 valence electrons. The van der Waals surface area contributed by atoms with Crippen molar-refractivity contribution < 1.29 is 4.74 Å². The Labute approximate surface area is 99.7 Å². The predicted octanol–water partition coefficient (Wildman–Crippen LogP) is 3.53. The first-order valence-corrected chi connectivity index (χ1v) is 6.07. The summed E-state index contributed by atoms with van der Waals surface area (Å²) in [6.45, 7) is 4.64. The van der Waals surface area contributed by atoms with Gasteiger partial charge in [-0.1, -0.05) is 12.1 Å². The molecule has 2 aromatic rings. The summed E-state index contributed by atoms with van der Waals surface area (Å²) in [7, 11) is 0. The lowest BCUT2D eigenvalue weighted by molar-refractivity contribution is 0.305. The van der Waals surface area contributed by atoms with Gasteiger partial charge in [0.25, 0.3) is 0 Å². The number of nitrogen functional groups attached to an aromatic ring is 1. The molecule has 3 heteroatoms. The smallest absolute Gasteiger partial charge is 0.127 e. The van der Waals surface area contributed by atoms with Crippen LogP contribution in [0.5, 0.6) is 5.75 Å². The number of aryl methyl sites for hydroxylation is 1. The zero-order valence-corrected chi connectivity index (χ0v) is 10.3. The standard InChI is InChI=1S/C13H15NOS/c1-9-5-6-12(14)10(2)13(9)15-8-11-4-3-7-16-11/h3-7H,8,14H2,1-2H3. The molecule has 0 atom stereocenters. The van der Waals surface area contributed by atoms with Crippen LogP contribution in [0.15, 0.2) is 29.6 Å². The highest BCUT2D eigenvalue weighted by atomic mass is 32.1. The Bertz CT molecular complexity index is 477. The lowest BCUT2D eigenvalue weighted by atomic mass is 10.1. The van der Waals surface area contributed by atoms with E-state index in [4.69, 9.17) is 10.5 Å². The molecule has 0 unspecified atom stereocenters. The van der Waals surface area contributed by atoms with Gasteiger partial charge in [0.15, 0.2) is 0 Å². The summed E-state index contributed by atoms with van der Waals surface area (Å²) in [5, 5.41) is 2.05. The second-order valence-corrected chi connectivity index (χ2v) is 4.83. The fraction of sp³-hybridized carbons (Fsp3) is 0.231. The SMILES string of the molecule is Cc1ccc(N)c(C)c1OCc1cccs1. The Morgan fingerprint density at radius 3 is 2.75 bits per heavy atom. The van der Waals surface area contributed by atoms with Gasteiger partial charge in [-0.2, -0.15) is 0 Å². The van der Waals surface area contributed by atoms with Crippen LogP contribution in [-0.2, 0) is 6.61 Å². The maximum atomic E-state index is 5.86. The van der Waals surface area contributed by atoms with Gasteiger partial charge >= 0.3 is 0 Å². The molecule has 1 aromatic carbocycles. The summed E-state index contributed by atoms with van der Waals surface area (Å²) in [4.78, 5) is 1.22. The maximum absolute atomic E-state index is 5.86. The number of thiophene rings is 1. The van der Waals surface area contributed by atoms with Gasteiger partial charge in [-0.05, 0) is 36.9 Å². The van der Waals surface area contributed by atoms with Gasteiger partial charge in [-0.3, -0.25) is 0 Å². The van der Waals surface area contributed by atoms with Crippen molar-refractivity contribution in [2.75, 3.05) is 5.73 Å². The summed E-state index contributed by atoms with van der Waals surface area (Å²) >= 11 is 1.70. The van der Waals surface area contributed by atoms with Crippen LogP contribution in [0, 0.1) is 13.8 Å². The van der Waals surface area contributed by atoms with Gasteiger partial charge in [0.2, 0.25) is 0 Å². The summed E-state index contributed by atoms with van der Waals surface area (Å²) in [5.74, 6) is 0.911. The highest BCUT2D eigenvalue weighted by molar-refractivity contribution is 7.09. The number of rotatable bonds is 3. The molecule has 0 bridgehead atoms. The van der Waals surface area contributed by atoms with E-state index in [0.29, 0.717) is 6.61 Å². The molecule has 0 saturated heterocycles. The van der Waals surface area contributed by atoms with Gasteiger partial charge in [0.05, 0.1) is 0 Å². The van der Waals surface area contributed by atoms with Gasteiger partial charge in [0.1, 0.15) is 12.4 Å². The summed E-state index contributed by atoms with van der Waals surface area (Å²) < 4.78 is 5.82. The van der Waals surface area contributed by atoms with E-state index in [9.17, 15) is 0 Å². The maximum Gasteiger partial charge on any atom is 0.127 e. The number of anilines is 1. The molecule has 1 aromatic heterocycles. The van der Waals surface area contributed by atoms with Gasteiger partial charge < -0.3 is 10.5 Å². The van der Waals surface area contributed by atoms with Crippen LogP contribution >= 0.6 is 11.3 Å². The number of ether oxygens (including phenoxy) is 1. The summed E-state index contributed by atoms with van der Waals surface area (Å²) in [6, 6.07) is 8.01. The average molecular weight is 233 g/mol.